The first-order valence-corrected chi connectivity index (χ1v) is 12.2. The highest BCUT2D eigenvalue weighted by Crippen LogP contribution is 2.30. The van der Waals surface area contributed by atoms with E-state index in [1.807, 2.05) is 12.1 Å². The smallest absolute Gasteiger partial charge is 0.265 e. The van der Waals surface area contributed by atoms with Crippen molar-refractivity contribution >= 4 is 25.5 Å². The second kappa shape index (κ2) is 6.94. The van der Waals surface area contributed by atoms with E-state index in [0.29, 0.717) is 29.4 Å². The maximum absolute atomic E-state index is 12.9. The molecule has 1 aliphatic rings. The van der Waals surface area contributed by atoms with Gasteiger partial charge in [-0.3, -0.25) is 9.40 Å². The highest BCUT2D eigenvalue weighted by atomic mass is 32.2. The first-order valence-electron chi connectivity index (χ1n) is 8.89. The highest BCUT2D eigenvalue weighted by molar-refractivity contribution is 7.92. The van der Waals surface area contributed by atoms with Crippen LogP contribution in [0.25, 0.3) is 0 Å². The molecule has 1 aromatic heterocycles. The van der Waals surface area contributed by atoms with Gasteiger partial charge < -0.3 is 0 Å². The fourth-order valence-corrected chi connectivity index (χ4v) is 6.66. The maximum Gasteiger partial charge on any atom is 0.265 e. The molecule has 148 valence electrons. The van der Waals surface area contributed by atoms with Crippen molar-refractivity contribution in [3.05, 3.63) is 41.2 Å². The van der Waals surface area contributed by atoms with Gasteiger partial charge >= 0.3 is 0 Å². The van der Waals surface area contributed by atoms with E-state index in [1.54, 1.807) is 30.7 Å². The molecular formula is C18H25N3O4S2. The molecule has 9 heteroatoms. The van der Waals surface area contributed by atoms with Crippen LogP contribution in [0.15, 0.2) is 29.2 Å². The number of benzene rings is 1. The van der Waals surface area contributed by atoms with E-state index in [9.17, 15) is 16.8 Å². The second-order valence-corrected chi connectivity index (χ2v) is 11.2. The molecule has 2 aromatic rings. The molecule has 2 heterocycles. The van der Waals surface area contributed by atoms with E-state index in [4.69, 9.17) is 0 Å². The van der Waals surface area contributed by atoms with Gasteiger partial charge in [0.1, 0.15) is 4.90 Å². The molecule has 0 unspecified atom stereocenters. The van der Waals surface area contributed by atoms with Gasteiger partial charge in [0.15, 0.2) is 9.84 Å². The number of hydrogen-bond donors (Lipinski definition) is 1. The number of sulfone groups is 1. The third-order valence-electron chi connectivity index (χ3n) is 4.91. The van der Waals surface area contributed by atoms with Gasteiger partial charge in [-0.15, -0.1) is 0 Å². The van der Waals surface area contributed by atoms with Crippen LogP contribution in [0.2, 0.25) is 0 Å². The molecule has 0 aliphatic carbocycles. The quantitative estimate of drug-likeness (QED) is 0.816. The summed E-state index contributed by atoms with van der Waals surface area (Å²) in [5, 5.41) is 4.34. The third kappa shape index (κ3) is 4.03. The lowest BCUT2D eigenvalue weighted by atomic mass is 10.0. The summed E-state index contributed by atoms with van der Waals surface area (Å²) >= 11 is 0. The summed E-state index contributed by atoms with van der Waals surface area (Å²) in [6.07, 6.45) is 0.452. The average Bonchev–Trinajstić information content (AvgIpc) is 3.06. The van der Waals surface area contributed by atoms with Crippen LogP contribution in [0.1, 0.15) is 49.2 Å². The van der Waals surface area contributed by atoms with E-state index in [2.05, 4.69) is 23.7 Å². The van der Waals surface area contributed by atoms with Gasteiger partial charge in [-0.2, -0.15) is 5.10 Å². The molecule has 7 nitrogen and oxygen atoms in total. The molecule has 0 radical (unpaired) electrons. The van der Waals surface area contributed by atoms with Crippen LogP contribution in [0.3, 0.4) is 0 Å². The molecule has 1 atom stereocenters. The van der Waals surface area contributed by atoms with Crippen molar-refractivity contribution in [1.29, 1.82) is 0 Å². The number of anilines is 1. The van der Waals surface area contributed by atoms with Crippen LogP contribution in [0.4, 0.5) is 5.69 Å². The third-order valence-corrected chi connectivity index (χ3v) is 8.29. The zero-order chi connectivity index (χ0) is 20.0. The summed E-state index contributed by atoms with van der Waals surface area (Å²) < 4.78 is 53.5. The number of hydrogen-bond acceptors (Lipinski definition) is 5. The second-order valence-electron chi connectivity index (χ2n) is 7.38. The molecule has 1 aromatic carbocycles. The molecule has 1 fully saturated rings. The Morgan fingerprint density at radius 2 is 1.81 bits per heavy atom. The Hall–Kier alpha value is -1.87. The molecule has 0 bridgehead atoms. The van der Waals surface area contributed by atoms with Gasteiger partial charge in [0.2, 0.25) is 0 Å². The predicted octanol–water partition coefficient (Wildman–Crippen LogP) is 2.78. The van der Waals surface area contributed by atoms with Crippen LogP contribution in [-0.4, -0.2) is 38.1 Å². The number of nitrogens with one attached hydrogen (secondary N) is 1. The Morgan fingerprint density at radius 1 is 1.19 bits per heavy atom. The lowest BCUT2D eigenvalue weighted by Gasteiger charge is -2.13. The molecule has 1 aliphatic heterocycles. The van der Waals surface area contributed by atoms with Crippen molar-refractivity contribution in [2.24, 2.45) is 0 Å². The van der Waals surface area contributed by atoms with Gasteiger partial charge in [0.25, 0.3) is 10.0 Å². The Balaban J connectivity index is 1.91. The number of rotatable bonds is 5. The lowest BCUT2D eigenvalue weighted by Crippen LogP contribution is -2.17. The Kier molecular flexibility index (Phi) is 5.11. The molecule has 0 spiro atoms. The van der Waals surface area contributed by atoms with Crippen molar-refractivity contribution in [2.45, 2.75) is 51.0 Å². The van der Waals surface area contributed by atoms with Gasteiger partial charge in [-0.25, -0.2) is 16.8 Å². The first kappa shape index (κ1) is 19.9. The average molecular weight is 412 g/mol. The summed E-state index contributed by atoms with van der Waals surface area (Å²) in [6, 6.07) is 6.96. The van der Waals surface area contributed by atoms with Gasteiger partial charge in [0, 0.05) is 5.69 Å². The van der Waals surface area contributed by atoms with Crippen molar-refractivity contribution < 1.29 is 16.8 Å². The first-order chi connectivity index (χ1) is 12.5. The number of aromatic nitrogens is 2. The predicted molar refractivity (Wildman–Crippen MR) is 105 cm³/mol. The number of sulfonamides is 1. The van der Waals surface area contributed by atoms with Crippen molar-refractivity contribution in [3.63, 3.8) is 0 Å². The molecule has 27 heavy (non-hydrogen) atoms. The number of aryl methyl sites for hydroxylation is 1. The summed E-state index contributed by atoms with van der Waals surface area (Å²) in [5.74, 6) is 0.470. The minimum Gasteiger partial charge on any atom is -0.280 e. The monoisotopic (exact) mass is 411 g/mol. The van der Waals surface area contributed by atoms with E-state index in [1.165, 1.54) is 0 Å². The van der Waals surface area contributed by atoms with Crippen molar-refractivity contribution in [3.8, 4) is 0 Å². The number of nitrogens with zero attached hydrogens (tertiary/aromatic N) is 2. The fourth-order valence-electron chi connectivity index (χ4n) is 3.50. The van der Waals surface area contributed by atoms with E-state index in [0.717, 1.165) is 5.56 Å². The van der Waals surface area contributed by atoms with Gasteiger partial charge in [-0.05, 0) is 43.9 Å². The summed E-state index contributed by atoms with van der Waals surface area (Å²) in [4.78, 5) is 0.111. The Morgan fingerprint density at radius 3 is 2.33 bits per heavy atom. The van der Waals surface area contributed by atoms with E-state index in [-0.39, 0.29) is 22.4 Å². The summed E-state index contributed by atoms with van der Waals surface area (Å²) in [6.45, 7) is 7.44. The van der Waals surface area contributed by atoms with Gasteiger partial charge in [0.05, 0.1) is 28.9 Å². The Bertz CT molecular complexity index is 1050. The lowest BCUT2D eigenvalue weighted by molar-refractivity contribution is 0.484. The maximum atomic E-state index is 12.9. The van der Waals surface area contributed by atoms with Crippen molar-refractivity contribution in [2.75, 3.05) is 16.2 Å². The summed E-state index contributed by atoms with van der Waals surface area (Å²) in [5.41, 5.74) is 2.43. The van der Waals surface area contributed by atoms with Crippen LogP contribution in [-0.2, 0) is 19.9 Å². The highest BCUT2D eigenvalue weighted by Gasteiger charge is 2.33. The van der Waals surface area contributed by atoms with Gasteiger partial charge in [-0.1, -0.05) is 26.0 Å². The largest absolute Gasteiger partial charge is 0.280 e. The molecular weight excluding hydrogens is 386 g/mol. The minimum atomic E-state index is -3.83. The standard InChI is InChI=1S/C18H25N3O4S2/c1-12(2)15-5-7-16(8-6-15)20-27(24,25)18-13(3)19-21(14(18)4)17-9-10-26(22,23)11-17/h5-8,12,17,20H,9-11H2,1-4H3/t17-/m0/s1. The van der Waals surface area contributed by atoms with E-state index >= 15 is 0 Å². The van der Waals surface area contributed by atoms with Crippen LogP contribution < -0.4 is 4.72 Å². The van der Waals surface area contributed by atoms with E-state index < -0.39 is 19.9 Å². The normalized spacial score (nSPS) is 19.5. The van der Waals surface area contributed by atoms with Crippen LogP contribution in [0.5, 0.6) is 0 Å². The Labute approximate surface area is 160 Å². The molecule has 3 rings (SSSR count). The molecule has 0 amide bonds. The summed E-state index contributed by atoms with van der Waals surface area (Å²) in [7, 11) is -6.91. The van der Waals surface area contributed by atoms with Crippen LogP contribution >= 0.6 is 0 Å². The topological polar surface area (TPSA) is 98.1 Å². The fraction of sp³-hybridized carbons (Fsp3) is 0.500. The van der Waals surface area contributed by atoms with Crippen LogP contribution in [0, 0.1) is 13.8 Å². The zero-order valence-corrected chi connectivity index (χ0v) is 17.6. The zero-order valence-electron chi connectivity index (χ0n) is 15.9. The molecule has 1 saturated heterocycles. The molecule has 1 N–H and O–H groups in total. The minimum absolute atomic E-state index is 0.00145. The SMILES string of the molecule is Cc1nn([C@H]2CCS(=O)(=O)C2)c(C)c1S(=O)(=O)Nc1ccc(C(C)C)cc1. The van der Waals surface area contributed by atoms with Crippen molar-refractivity contribution in [1.82, 2.24) is 9.78 Å². The molecule has 0 saturated carbocycles.